The number of carbonyl (C=O) groups is 2. The lowest BCUT2D eigenvalue weighted by Gasteiger charge is -2.30. The van der Waals surface area contributed by atoms with E-state index in [0.29, 0.717) is 99.6 Å². The van der Waals surface area contributed by atoms with E-state index in [9.17, 15) is 28.6 Å². The molecule has 0 saturated carbocycles. The van der Waals surface area contributed by atoms with Gasteiger partial charge < -0.3 is 44.9 Å². The number of nitrogens with zero attached hydrogens (tertiary/aromatic N) is 9. The molecule has 11 rings (SSSR count). The van der Waals surface area contributed by atoms with Crippen LogP contribution in [0, 0.1) is 23.4 Å². The van der Waals surface area contributed by atoms with E-state index >= 15 is 4.39 Å². The first-order valence-electron chi connectivity index (χ1n) is 26.8. The second-order valence-electron chi connectivity index (χ2n) is 20.8. The number of phenolic OH excluding ortho intramolecular Hbond substituents is 1. The molecule has 5 atom stereocenters. The van der Waals surface area contributed by atoms with Gasteiger partial charge in [0.1, 0.15) is 59.6 Å². The largest absolute Gasteiger partial charge is 0.508 e. The fraction of sp³-hybridized carbons (Fsp3) is 0.356. The average molecular weight is 1090 g/mol. The van der Waals surface area contributed by atoms with Gasteiger partial charge in [-0.25, -0.2) is 17.9 Å². The van der Waals surface area contributed by atoms with Crippen LogP contribution in [0.5, 0.6) is 17.5 Å². The molecule has 2 amide bonds. The van der Waals surface area contributed by atoms with Crippen molar-refractivity contribution in [2.24, 2.45) is 5.92 Å². The van der Waals surface area contributed by atoms with Crippen molar-refractivity contribution < 1.29 is 47.2 Å². The molecule has 3 fully saturated rings. The molecule has 2 bridgehead atoms. The number of hydrogen-bond donors (Lipinski definition) is 4. The molecular weight excluding hydrogens is 1030 g/mol. The highest BCUT2D eigenvalue weighted by atomic mass is 19.1. The number of pyridine rings is 2. The fourth-order valence-electron chi connectivity index (χ4n) is 11.4. The Bertz CT molecular complexity index is 3590. The van der Waals surface area contributed by atoms with Gasteiger partial charge in [0.05, 0.1) is 48.8 Å². The molecule has 4 aromatic carbocycles. The van der Waals surface area contributed by atoms with E-state index in [1.54, 1.807) is 54.7 Å². The molecule has 18 nitrogen and oxygen atoms in total. The minimum atomic E-state index is -0.854. The number of nitrogens with one attached hydrogen (secondary N) is 2. The number of likely N-dealkylation sites (tertiary alicyclic amines) is 1. The molecule has 5 unspecified atom stereocenters. The molecular formula is C59H60F3N11O7. The lowest BCUT2D eigenvalue weighted by atomic mass is 9.94. The Morgan fingerprint density at radius 2 is 1.70 bits per heavy atom. The summed E-state index contributed by atoms with van der Waals surface area (Å²) >= 11 is 0. The van der Waals surface area contributed by atoms with Crippen LogP contribution in [0.3, 0.4) is 0 Å². The number of methoxy groups -OCH3 is 1. The van der Waals surface area contributed by atoms with Crippen LogP contribution >= 0.6 is 0 Å². The Balaban J connectivity index is 0.847. The highest BCUT2D eigenvalue weighted by molar-refractivity contribution is 6.04. The van der Waals surface area contributed by atoms with Gasteiger partial charge in [0.15, 0.2) is 17.4 Å². The summed E-state index contributed by atoms with van der Waals surface area (Å²) in [4.78, 5) is 50.7. The molecule has 414 valence electrons. The van der Waals surface area contributed by atoms with E-state index in [2.05, 4.69) is 30.8 Å². The number of hydrogen-bond acceptors (Lipinski definition) is 15. The van der Waals surface area contributed by atoms with Crippen LogP contribution in [0.15, 0.2) is 97.6 Å². The number of carbonyl (C=O) groups excluding carboxylic acids is 2. The van der Waals surface area contributed by atoms with E-state index in [-0.39, 0.29) is 65.5 Å². The lowest BCUT2D eigenvalue weighted by molar-refractivity contribution is -0.142. The van der Waals surface area contributed by atoms with Crippen LogP contribution < -0.4 is 25.0 Å². The van der Waals surface area contributed by atoms with Crippen molar-refractivity contribution in [3.8, 4) is 51.2 Å². The van der Waals surface area contributed by atoms with Crippen LogP contribution in [0.1, 0.15) is 68.8 Å². The summed E-state index contributed by atoms with van der Waals surface area (Å²) in [7, 11) is 1.59. The maximum absolute atomic E-state index is 15.6. The quantitative estimate of drug-likeness (QED) is 0.0564. The number of aromatic hydroxyl groups is 1. The Morgan fingerprint density at radius 3 is 2.40 bits per heavy atom. The summed E-state index contributed by atoms with van der Waals surface area (Å²) in [6, 6.07) is 18.1. The first-order chi connectivity index (χ1) is 38.8. The minimum Gasteiger partial charge on any atom is -0.508 e. The smallest absolute Gasteiger partial charge is 0.319 e. The van der Waals surface area contributed by atoms with Crippen LogP contribution in [0.2, 0.25) is 0 Å². The van der Waals surface area contributed by atoms with E-state index in [1.165, 1.54) is 22.9 Å². The lowest BCUT2D eigenvalue weighted by Crippen LogP contribution is -2.50. The van der Waals surface area contributed by atoms with Gasteiger partial charge in [0.25, 0.3) is 0 Å². The molecule has 80 heavy (non-hydrogen) atoms. The SMILES string of the molecule is CCc1c(F)ccc2cc(O)cc(-c3ncc4c(N5CC6CC5CN6)nc(OCCOC)nc4c3OCc3ccc(-c4cn(C(C(=O)N5CCCC5C(=O)NC(CO)c5ccc(-c6c(F)cncc6F)cc5)C(C)C)nn4)cc3)c12. The van der Waals surface area contributed by atoms with E-state index in [4.69, 9.17) is 29.2 Å². The summed E-state index contributed by atoms with van der Waals surface area (Å²) in [6.45, 7) is 7.62. The molecule has 0 spiro atoms. The van der Waals surface area contributed by atoms with E-state index < -0.39 is 42.3 Å². The minimum absolute atomic E-state index is 0.0298. The number of aryl methyl sites for hydroxylation is 1. The summed E-state index contributed by atoms with van der Waals surface area (Å²) in [5.74, 6) is -2.11. The van der Waals surface area contributed by atoms with Crippen LogP contribution in [0.25, 0.3) is 55.3 Å². The number of aromatic nitrogens is 7. The van der Waals surface area contributed by atoms with Gasteiger partial charge in [-0.05, 0) is 82.8 Å². The van der Waals surface area contributed by atoms with Crippen molar-refractivity contribution in [3.05, 3.63) is 132 Å². The van der Waals surface area contributed by atoms with Crippen molar-refractivity contribution >= 4 is 39.3 Å². The van der Waals surface area contributed by atoms with Gasteiger partial charge in [0.2, 0.25) is 11.8 Å². The second-order valence-corrected chi connectivity index (χ2v) is 20.8. The molecule has 21 heteroatoms. The van der Waals surface area contributed by atoms with Crippen molar-refractivity contribution in [2.45, 2.75) is 83.3 Å². The van der Waals surface area contributed by atoms with E-state index in [1.807, 2.05) is 45.0 Å². The third-order valence-electron chi connectivity index (χ3n) is 15.4. The van der Waals surface area contributed by atoms with Crippen LogP contribution in [-0.4, -0.2) is 127 Å². The summed E-state index contributed by atoms with van der Waals surface area (Å²) in [5.41, 5.74) is 4.23. The molecule has 4 aromatic heterocycles. The highest BCUT2D eigenvalue weighted by Gasteiger charge is 2.41. The highest BCUT2D eigenvalue weighted by Crippen LogP contribution is 2.45. The number of aliphatic hydroxyl groups excluding tert-OH is 1. The molecule has 3 aliphatic rings. The zero-order chi connectivity index (χ0) is 55.8. The molecule has 3 saturated heterocycles. The Hall–Kier alpha value is -8.27. The van der Waals surface area contributed by atoms with E-state index in [0.717, 1.165) is 37.5 Å². The maximum atomic E-state index is 15.6. The zero-order valence-electron chi connectivity index (χ0n) is 44.6. The Kier molecular flexibility index (Phi) is 15.3. The Labute approximate surface area is 458 Å². The van der Waals surface area contributed by atoms with Crippen LogP contribution in [0.4, 0.5) is 19.0 Å². The molecule has 8 aromatic rings. The first kappa shape index (κ1) is 53.7. The van der Waals surface area contributed by atoms with Gasteiger partial charge in [0, 0.05) is 56.2 Å². The summed E-state index contributed by atoms with van der Waals surface area (Å²) < 4.78 is 64.3. The molecule has 0 radical (unpaired) electrons. The third-order valence-corrected chi connectivity index (χ3v) is 15.4. The van der Waals surface area contributed by atoms with Gasteiger partial charge in [-0.1, -0.05) is 80.6 Å². The average Bonchev–Trinajstić information content (AvgIpc) is 4.42. The number of anilines is 1. The molecule has 0 aliphatic carbocycles. The van der Waals surface area contributed by atoms with Crippen molar-refractivity contribution in [1.29, 1.82) is 0 Å². The Morgan fingerprint density at radius 1 is 0.925 bits per heavy atom. The number of rotatable bonds is 19. The number of fused-ring (bicyclic) bond motifs is 4. The number of piperazine rings is 1. The van der Waals surface area contributed by atoms with Gasteiger partial charge in [-0.3, -0.25) is 19.6 Å². The number of phenols is 1. The third kappa shape index (κ3) is 10.4. The number of amides is 2. The van der Waals surface area contributed by atoms with Crippen molar-refractivity contribution in [2.75, 3.05) is 51.5 Å². The zero-order valence-corrected chi connectivity index (χ0v) is 44.6. The number of ether oxygens (including phenoxy) is 3. The number of benzene rings is 4. The molecule has 7 heterocycles. The molecule has 3 aliphatic heterocycles. The summed E-state index contributed by atoms with van der Waals surface area (Å²) in [5, 5.41) is 38.7. The van der Waals surface area contributed by atoms with Gasteiger partial charge in [-0.15, -0.1) is 5.10 Å². The van der Waals surface area contributed by atoms with Crippen molar-refractivity contribution in [3.63, 3.8) is 0 Å². The second kappa shape index (κ2) is 22.8. The topological polar surface area (TPSA) is 215 Å². The summed E-state index contributed by atoms with van der Waals surface area (Å²) in [6.07, 6.45) is 7.60. The van der Waals surface area contributed by atoms with Gasteiger partial charge in [-0.2, -0.15) is 9.97 Å². The maximum Gasteiger partial charge on any atom is 0.319 e. The standard InChI is InChI=1S/C59H60F3N11O7/c1-5-41-44(60)17-16-37-21-40(75)23-42(50(37)41)52-55(53-43(25-65-52)56(68-59(67-53)79-20-19-78-4)72-28-38-22-39(72)24-64-38)80-31-33-8-10-34(11-9-33)47-29-73(70-69-47)54(32(2)3)58(77)71-18-6-7-49(71)57(76)66-48(30-74)35-12-14-36(15-13-35)51-45(61)26-63-27-46(51)62/h8-17,21,23,25-27,29,32,38-39,48-49,54,64,74-75H,5-7,18-20,22,24,28,30-31H2,1-4H3,(H,66,76). The fourth-order valence-corrected chi connectivity index (χ4v) is 11.4. The normalized spacial score (nSPS) is 17.7. The van der Waals surface area contributed by atoms with Crippen LogP contribution in [-0.2, 0) is 27.4 Å². The predicted molar refractivity (Wildman–Crippen MR) is 292 cm³/mol. The molecule has 4 N–H and O–H groups in total. The number of halogens is 3. The first-order valence-corrected chi connectivity index (χ1v) is 26.8. The predicted octanol–water partition coefficient (Wildman–Crippen LogP) is 8.04. The van der Waals surface area contributed by atoms with Gasteiger partial charge >= 0.3 is 6.01 Å². The monoisotopic (exact) mass is 1090 g/mol. The number of aliphatic hydroxyl groups is 1. The van der Waals surface area contributed by atoms with Crippen molar-refractivity contribution in [1.82, 2.24) is 50.5 Å².